The molecule has 4 aliphatic carbocycles. The second kappa shape index (κ2) is 5.46. The van der Waals surface area contributed by atoms with E-state index in [-0.39, 0.29) is 5.92 Å². The molecule has 0 aromatic heterocycles. The Morgan fingerprint density at radius 2 is 1.87 bits per heavy atom. The Kier molecular flexibility index (Phi) is 3.78. The van der Waals surface area contributed by atoms with Crippen LogP contribution >= 0.6 is 0 Å². The fourth-order valence-electron chi connectivity index (χ4n) is 7.49. The first kappa shape index (κ1) is 15.9. The van der Waals surface area contributed by atoms with Gasteiger partial charge in [0.2, 0.25) is 0 Å². The summed E-state index contributed by atoms with van der Waals surface area (Å²) in [6.07, 6.45) is 15.1. The fourth-order valence-corrected chi connectivity index (χ4v) is 7.49. The molecule has 0 saturated heterocycles. The third-order valence-electron chi connectivity index (χ3n) is 8.83. The third-order valence-corrected chi connectivity index (χ3v) is 8.83. The normalized spacial score (nSPS) is 47.5. The lowest BCUT2D eigenvalue weighted by Crippen LogP contribution is -2.43. The van der Waals surface area contributed by atoms with E-state index in [1.165, 1.54) is 70.5 Å². The maximum absolute atomic E-state index is 11.4. The number of hydrogen-bond donors (Lipinski definition) is 0. The zero-order valence-electron chi connectivity index (χ0n) is 15.4. The topological polar surface area (TPSA) is 17.1 Å². The summed E-state index contributed by atoms with van der Waals surface area (Å²) in [5.74, 6) is 2.62. The van der Waals surface area contributed by atoms with Gasteiger partial charge in [-0.25, -0.2) is 0 Å². The first-order chi connectivity index (χ1) is 11.0. The maximum atomic E-state index is 11.4. The van der Waals surface area contributed by atoms with Crippen LogP contribution in [0.3, 0.4) is 0 Å². The molecule has 0 aromatic rings. The van der Waals surface area contributed by atoms with Crippen LogP contribution in [-0.2, 0) is 4.79 Å². The van der Waals surface area contributed by atoms with Crippen molar-refractivity contribution in [3.63, 3.8) is 0 Å². The highest BCUT2D eigenvalue weighted by molar-refractivity contribution is 5.54. The van der Waals surface area contributed by atoms with E-state index in [0.717, 1.165) is 11.8 Å². The molecule has 128 valence electrons. The van der Waals surface area contributed by atoms with Gasteiger partial charge in [0.05, 0.1) is 0 Å². The Bertz CT molecular complexity index is 532. The summed E-state index contributed by atoms with van der Waals surface area (Å²) in [4.78, 5) is 11.4. The summed E-state index contributed by atoms with van der Waals surface area (Å²) in [6.45, 7) is 7.29. The highest BCUT2D eigenvalue weighted by atomic mass is 16.1. The van der Waals surface area contributed by atoms with Crippen molar-refractivity contribution in [2.24, 2.45) is 34.5 Å². The monoisotopic (exact) mass is 314 g/mol. The molecule has 23 heavy (non-hydrogen) atoms. The first-order valence-corrected chi connectivity index (χ1v) is 10.2. The molecular formula is C22H34O. The Balaban J connectivity index is 1.71. The zero-order valence-corrected chi connectivity index (χ0v) is 15.4. The molecule has 0 amide bonds. The summed E-state index contributed by atoms with van der Waals surface area (Å²) in [6, 6.07) is 0. The largest absolute Gasteiger partial charge is 0.303 e. The average molecular weight is 315 g/mol. The Hall–Kier alpha value is -0.590. The molecule has 0 aromatic carbocycles. The van der Waals surface area contributed by atoms with Gasteiger partial charge in [0.25, 0.3) is 0 Å². The number of carbonyl (C=O) groups is 1. The lowest BCUT2D eigenvalue weighted by Gasteiger charge is -2.54. The van der Waals surface area contributed by atoms with Gasteiger partial charge in [0, 0.05) is 5.92 Å². The Morgan fingerprint density at radius 1 is 1.04 bits per heavy atom. The van der Waals surface area contributed by atoms with Gasteiger partial charge < -0.3 is 4.79 Å². The zero-order chi connectivity index (χ0) is 16.2. The Labute approximate surface area is 142 Å². The van der Waals surface area contributed by atoms with E-state index < -0.39 is 0 Å². The molecule has 1 unspecified atom stereocenters. The number of carbonyl (C=O) groups excluding carboxylic acids is 1. The number of hydrogen-bond acceptors (Lipinski definition) is 1. The molecule has 4 aliphatic rings. The van der Waals surface area contributed by atoms with Crippen LogP contribution in [0.15, 0.2) is 11.1 Å². The lowest BCUT2D eigenvalue weighted by atomic mass is 9.51. The minimum absolute atomic E-state index is 0.244. The number of allylic oxidation sites excluding steroid dienone is 2. The van der Waals surface area contributed by atoms with Gasteiger partial charge in [-0.15, -0.1) is 0 Å². The summed E-state index contributed by atoms with van der Waals surface area (Å²) in [5, 5.41) is 0. The number of fused-ring (bicyclic) bond motifs is 4. The molecule has 2 saturated carbocycles. The van der Waals surface area contributed by atoms with Gasteiger partial charge in [0.15, 0.2) is 0 Å². The van der Waals surface area contributed by atoms with Crippen molar-refractivity contribution in [3.05, 3.63) is 11.1 Å². The summed E-state index contributed by atoms with van der Waals surface area (Å²) < 4.78 is 0. The van der Waals surface area contributed by atoms with Crippen molar-refractivity contribution in [1.29, 1.82) is 0 Å². The second-order valence-electron chi connectivity index (χ2n) is 9.64. The molecule has 0 bridgehead atoms. The van der Waals surface area contributed by atoms with Crippen molar-refractivity contribution < 1.29 is 4.79 Å². The number of rotatable bonds is 2. The van der Waals surface area contributed by atoms with Crippen LogP contribution in [0.2, 0.25) is 0 Å². The molecule has 0 N–H and O–H groups in total. The molecule has 0 spiro atoms. The average Bonchev–Trinajstić information content (AvgIpc) is 2.91. The molecule has 2 fully saturated rings. The lowest BCUT2D eigenvalue weighted by molar-refractivity contribution is -0.113. The SMILES string of the molecule is CC(C=O)[C@H]1CC[C@H]2C3=C(CC[C@]12C)[C@@]1(C)CCCC[C@H]1CC3. The van der Waals surface area contributed by atoms with Crippen LogP contribution in [0.5, 0.6) is 0 Å². The number of aldehydes is 1. The second-order valence-corrected chi connectivity index (χ2v) is 9.64. The molecule has 0 radical (unpaired) electrons. The molecule has 0 aliphatic heterocycles. The van der Waals surface area contributed by atoms with Crippen molar-refractivity contribution in [2.75, 3.05) is 0 Å². The minimum Gasteiger partial charge on any atom is -0.303 e. The van der Waals surface area contributed by atoms with E-state index in [9.17, 15) is 4.79 Å². The summed E-state index contributed by atoms with van der Waals surface area (Å²) in [5.41, 5.74) is 4.70. The van der Waals surface area contributed by atoms with Crippen LogP contribution in [0.4, 0.5) is 0 Å². The van der Waals surface area contributed by atoms with Crippen LogP contribution in [-0.4, -0.2) is 6.29 Å². The van der Waals surface area contributed by atoms with E-state index >= 15 is 0 Å². The highest BCUT2D eigenvalue weighted by Crippen LogP contribution is 2.65. The highest BCUT2D eigenvalue weighted by Gasteiger charge is 2.55. The van der Waals surface area contributed by atoms with Gasteiger partial charge in [-0.05, 0) is 80.0 Å². The maximum Gasteiger partial charge on any atom is 0.123 e. The van der Waals surface area contributed by atoms with Gasteiger partial charge in [-0.1, -0.05) is 44.8 Å². The first-order valence-electron chi connectivity index (χ1n) is 10.2. The molecular weight excluding hydrogens is 280 g/mol. The van der Waals surface area contributed by atoms with Crippen molar-refractivity contribution >= 4 is 6.29 Å². The smallest absolute Gasteiger partial charge is 0.123 e. The van der Waals surface area contributed by atoms with Crippen molar-refractivity contribution in [3.8, 4) is 0 Å². The van der Waals surface area contributed by atoms with Gasteiger partial charge in [-0.2, -0.15) is 0 Å². The van der Waals surface area contributed by atoms with E-state index in [0.29, 0.717) is 16.7 Å². The van der Waals surface area contributed by atoms with Crippen LogP contribution < -0.4 is 0 Å². The van der Waals surface area contributed by atoms with Gasteiger partial charge in [0.1, 0.15) is 6.29 Å². The van der Waals surface area contributed by atoms with Crippen LogP contribution in [0.1, 0.15) is 85.0 Å². The van der Waals surface area contributed by atoms with Crippen LogP contribution in [0.25, 0.3) is 0 Å². The molecule has 0 heterocycles. The Morgan fingerprint density at radius 3 is 2.65 bits per heavy atom. The third kappa shape index (κ3) is 2.14. The predicted molar refractivity (Wildman–Crippen MR) is 95.1 cm³/mol. The van der Waals surface area contributed by atoms with E-state index in [1.807, 2.05) is 11.1 Å². The standard InChI is InChI=1S/C22H34O/c1-15(14-23)18-9-10-19-17-8-7-16-6-4-5-12-21(16,2)20(17)11-13-22(18,19)3/h14-16,18-19H,4-13H2,1-3H3/t15?,16-,18+,19-,21-,22+/m0/s1. The summed E-state index contributed by atoms with van der Waals surface area (Å²) >= 11 is 0. The molecule has 6 atom stereocenters. The quantitative estimate of drug-likeness (QED) is 0.456. The molecule has 1 heteroatoms. The van der Waals surface area contributed by atoms with E-state index in [4.69, 9.17) is 0 Å². The van der Waals surface area contributed by atoms with Gasteiger partial charge in [-0.3, -0.25) is 0 Å². The minimum atomic E-state index is 0.244. The van der Waals surface area contributed by atoms with Crippen LogP contribution in [0, 0.1) is 34.5 Å². The summed E-state index contributed by atoms with van der Waals surface area (Å²) in [7, 11) is 0. The van der Waals surface area contributed by atoms with Crippen molar-refractivity contribution in [2.45, 2.75) is 85.0 Å². The van der Waals surface area contributed by atoms with E-state index in [2.05, 4.69) is 20.8 Å². The fraction of sp³-hybridized carbons (Fsp3) is 0.864. The van der Waals surface area contributed by atoms with Crippen molar-refractivity contribution in [1.82, 2.24) is 0 Å². The predicted octanol–water partition coefficient (Wildman–Crippen LogP) is 5.93. The molecule has 1 nitrogen and oxygen atoms in total. The molecule has 4 rings (SSSR count). The van der Waals surface area contributed by atoms with Gasteiger partial charge >= 0.3 is 0 Å². The van der Waals surface area contributed by atoms with E-state index in [1.54, 1.807) is 0 Å².